The van der Waals surface area contributed by atoms with E-state index >= 15 is 0 Å². The van der Waals surface area contributed by atoms with E-state index in [0.29, 0.717) is 12.1 Å². The van der Waals surface area contributed by atoms with E-state index in [1.165, 1.54) is 16.5 Å². The fourth-order valence-electron chi connectivity index (χ4n) is 4.55. The van der Waals surface area contributed by atoms with E-state index in [-0.39, 0.29) is 5.82 Å². The molecule has 2 heterocycles. The molecule has 2 atom stereocenters. The minimum Gasteiger partial charge on any atom is -0.494 e. The number of benzene rings is 2. The van der Waals surface area contributed by atoms with Crippen LogP contribution in [0.5, 0.6) is 5.75 Å². The van der Waals surface area contributed by atoms with Crippen LogP contribution in [0.2, 0.25) is 0 Å². The van der Waals surface area contributed by atoms with Gasteiger partial charge in [-0.3, -0.25) is 4.72 Å². The predicted molar refractivity (Wildman–Crippen MR) is 135 cm³/mol. The van der Waals surface area contributed by atoms with Crippen LogP contribution in [-0.2, 0) is 6.42 Å². The van der Waals surface area contributed by atoms with E-state index < -0.39 is 0 Å². The highest BCUT2D eigenvalue weighted by Gasteiger charge is 2.20. The van der Waals surface area contributed by atoms with Crippen LogP contribution in [0.15, 0.2) is 53.6 Å². The Morgan fingerprint density at radius 1 is 1.09 bits per heavy atom. The Labute approximate surface area is 200 Å². The molecule has 0 amide bonds. The molecule has 4 rings (SSSR count). The quantitative estimate of drug-likeness (QED) is 0.272. The van der Waals surface area contributed by atoms with Gasteiger partial charge in [-0.25, -0.2) is 4.39 Å². The zero-order valence-electron chi connectivity index (χ0n) is 19.6. The third-order valence-electron chi connectivity index (χ3n) is 5.99. The van der Waals surface area contributed by atoms with Gasteiger partial charge >= 0.3 is 0 Å². The monoisotopic (exact) mass is 470 g/mol. The molecule has 0 radical (unpaired) electrons. The molecule has 1 aliphatic rings. The van der Waals surface area contributed by atoms with Gasteiger partial charge in [0.05, 0.1) is 6.61 Å². The van der Waals surface area contributed by atoms with Crippen LogP contribution < -0.4 is 14.8 Å². The molecular formula is C26H35FN4OS. The molecule has 1 aromatic heterocycles. The Morgan fingerprint density at radius 2 is 1.88 bits per heavy atom. The lowest BCUT2D eigenvalue weighted by molar-refractivity contribution is 0.161. The smallest absolute Gasteiger partial charge is 0.123 e. The maximum absolute atomic E-state index is 13.5. The van der Waals surface area contributed by atoms with Crippen LogP contribution in [0.4, 0.5) is 4.39 Å². The number of aryl methyl sites for hydroxylation is 1. The third kappa shape index (κ3) is 7.21. The van der Waals surface area contributed by atoms with Crippen LogP contribution in [0.25, 0.3) is 10.9 Å². The molecule has 0 spiro atoms. The minimum absolute atomic E-state index is 0.187. The number of aromatic amines is 1. The number of hydrogen-bond acceptors (Lipinski definition) is 5. The Hall–Kier alpha value is -2.06. The van der Waals surface area contributed by atoms with Crippen molar-refractivity contribution in [3.8, 4) is 5.75 Å². The first kappa shape index (κ1) is 24.1. The highest BCUT2D eigenvalue weighted by Crippen LogP contribution is 2.22. The highest BCUT2D eigenvalue weighted by molar-refractivity contribution is 7.97. The van der Waals surface area contributed by atoms with E-state index in [9.17, 15) is 4.39 Å². The number of ether oxygens (including phenoxy) is 1. The van der Waals surface area contributed by atoms with Crippen LogP contribution in [0.3, 0.4) is 0 Å². The van der Waals surface area contributed by atoms with Crippen molar-refractivity contribution in [1.82, 2.24) is 19.9 Å². The summed E-state index contributed by atoms with van der Waals surface area (Å²) in [5.74, 6) is 0.737. The van der Waals surface area contributed by atoms with Crippen molar-refractivity contribution < 1.29 is 9.13 Å². The Balaban J connectivity index is 1.10. The Kier molecular flexibility index (Phi) is 8.67. The van der Waals surface area contributed by atoms with Gasteiger partial charge in [-0.1, -0.05) is 0 Å². The van der Waals surface area contributed by atoms with Crippen molar-refractivity contribution in [2.24, 2.45) is 0 Å². The molecule has 1 saturated heterocycles. The maximum atomic E-state index is 13.5. The molecule has 2 aromatic carbocycles. The summed E-state index contributed by atoms with van der Waals surface area (Å²) < 4.78 is 22.9. The summed E-state index contributed by atoms with van der Waals surface area (Å²) in [5, 5.41) is 4.55. The fraction of sp³-hybridized carbons (Fsp3) is 0.462. The summed E-state index contributed by atoms with van der Waals surface area (Å²) >= 11 is 1.63. The lowest BCUT2D eigenvalue weighted by atomic mass is 10.1. The Morgan fingerprint density at radius 3 is 2.67 bits per heavy atom. The van der Waals surface area contributed by atoms with Crippen LogP contribution in [-0.4, -0.2) is 54.8 Å². The number of nitrogens with one attached hydrogen (secondary N) is 3. The summed E-state index contributed by atoms with van der Waals surface area (Å²) in [6, 6.07) is 14.3. The van der Waals surface area contributed by atoms with E-state index in [1.807, 2.05) is 18.3 Å². The van der Waals surface area contributed by atoms with Crippen LogP contribution in [0, 0.1) is 5.82 Å². The molecule has 0 bridgehead atoms. The standard InChI is InChI=1S/C26H35FN4OS/c1-19-17-31(18-20(2)30-19)13-4-14-32-23-7-9-24(10-8-23)33-29-12-3-5-21-16-28-26-11-6-22(27)15-25(21)26/h6-11,15-16,19-20,28-30H,3-5,12-14,17-18H2,1-2H3. The summed E-state index contributed by atoms with van der Waals surface area (Å²) in [6.07, 6.45) is 4.93. The number of fused-ring (bicyclic) bond motifs is 1. The molecule has 2 unspecified atom stereocenters. The van der Waals surface area contributed by atoms with E-state index in [4.69, 9.17) is 4.74 Å². The van der Waals surface area contributed by atoms with Crippen molar-refractivity contribution >= 4 is 22.9 Å². The first-order chi connectivity index (χ1) is 16.1. The van der Waals surface area contributed by atoms with Gasteiger partial charge in [0.1, 0.15) is 11.6 Å². The molecule has 0 saturated carbocycles. The second-order valence-corrected chi connectivity index (χ2v) is 9.97. The maximum Gasteiger partial charge on any atom is 0.123 e. The van der Waals surface area contributed by atoms with Gasteiger partial charge < -0.3 is 19.9 Å². The van der Waals surface area contributed by atoms with Crippen molar-refractivity contribution in [3.63, 3.8) is 0 Å². The zero-order valence-corrected chi connectivity index (χ0v) is 20.4. The first-order valence-corrected chi connectivity index (χ1v) is 12.7. The molecule has 3 N–H and O–H groups in total. The first-order valence-electron chi connectivity index (χ1n) is 11.9. The van der Waals surface area contributed by atoms with E-state index in [0.717, 1.165) is 68.7 Å². The van der Waals surface area contributed by atoms with Gasteiger partial charge in [-0.15, -0.1) is 0 Å². The molecular weight excluding hydrogens is 435 g/mol. The second kappa shape index (κ2) is 11.9. The van der Waals surface area contributed by atoms with Crippen LogP contribution >= 0.6 is 11.9 Å². The molecule has 3 aromatic rings. The minimum atomic E-state index is -0.187. The number of rotatable bonds is 11. The number of hydrogen-bond donors (Lipinski definition) is 3. The van der Waals surface area contributed by atoms with Crippen molar-refractivity contribution in [3.05, 3.63) is 60.0 Å². The topological polar surface area (TPSA) is 52.3 Å². The number of H-pyrrole nitrogens is 1. The number of piperazine rings is 1. The van der Waals surface area contributed by atoms with Gasteiger partial charge in [-0.2, -0.15) is 0 Å². The van der Waals surface area contributed by atoms with Gasteiger partial charge in [0, 0.05) is 60.3 Å². The largest absolute Gasteiger partial charge is 0.494 e. The van der Waals surface area contributed by atoms with Gasteiger partial charge in [0.2, 0.25) is 0 Å². The van der Waals surface area contributed by atoms with Crippen molar-refractivity contribution in [1.29, 1.82) is 0 Å². The molecule has 1 aliphatic heterocycles. The summed E-state index contributed by atoms with van der Waals surface area (Å²) in [7, 11) is 0. The highest BCUT2D eigenvalue weighted by atomic mass is 32.2. The number of nitrogens with zero attached hydrogens (tertiary/aromatic N) is 1. The second-order valence-electron chi connectivity index (χ2n) is 9.01. The lowest BCUT2D eigenvalue weighted by Crippen LogP contribution is -2.54. The normalized spacial score (nSPS) is 19.2. The summed E-state index contributed by atoms with van der Waals surface area (Å²) in [5.41, 5.74) is 2.16. The van der Waals surface area contributed by atoms with Gasteiger partial charge in [0.15, 0.2) is 0 Å². The molecule has 33 heavy (non-hydrogen) atoms. The zero-order chi connectivity index (χ0) is 23.0. The Bertz CT molecular complexity index is 999. The molecule has 5 nitrogen and oxygen atoms in total. The molecule has 1 fully saturated rings. The van der Waals surface area contributed by atoms with Crippen molar-refractivity contribution in [2.45, 2.75) is 50.1 Å². The molecule has 0 aliphatic carbocycles. The van der Waals surface area contributed by atoms with Crippen LogP contribution in [0.1, 0.15) is 32.3 Å². The van der Waals surface area contributed by atoms with E-state index in [2.05, 4.69) is 45.9 Å². The number of halogens is 1. The fourth-order valence-corrected chi connectivity index (χ4v) is 5.23. The SMILES string of the molecule is CC1CN(CCCOc2ccc(SNCCCc3c[nH]c4ccc(F)cc34)cc2)CC(C)N1. The van der Waals surface area contributed by atoms with Crippen molar-refractivity contribution in [2.75, 3.05) is 32.8 Å². The summed E-state index contributed by atoms with van der Waals surface area (Å²) in [6.45, 7) is 9.44. The summed E-state index contributed by atoms with van der Waals surface area (Å²) in [4.78, 5) is 6.91. The van der Waals surface area contributed by atoms with Gasteiger partial charge in [0.25, 0.3) is 0 Å². The average molecular weight is 471 g/mol. The lowest BCUT2D eigenvalue weighted by Gasteiger charge is -2.36. The molecule has 178 valence electrons. The predicted octanol–water partition coefficient (Wildman–Crippen LogP) is 4.99. The average Bonchev–Trinajstić information content (AvgIpc) is 3.19. The number of aromatic nitrogens is 1. The van der Waals surface area contributed by atoms with E-state index in [1.54, 1.807) is 24.1 Å². The third-order valence-corrected chi connectivity index (χ3v) is 6.85. The molecule has 7 heteroatoms. The van der Waals surface area contributed by atoms with Gasteiger partial charge in [-0.05, 0) is 93.1 Å².